The third-order valence-corrected chi connectivity index (χ3v) is 7.65. The normalized spacial score (nSPS) is 15.9. The molecule has 4 heterocycles. The molecule has 39 heavy (non-hydrogen) atoms. The Morgan fingerprint density at radius 3 is 2.62 bits per heavy atom. The standard InChI is InChI=1S/C30H29FN4O4/c1-3-21-23(31)9-8-19-16-20(36)17-22(24(19)21)27-18(2)26-25(29(37)39-27)28(35-12-7-13-35)33-30(32-26)38-15-14-34-10-5-4-6-11-34/h1,8-9,16-17,36H,4-7,10-15H2,2H3. The number of fused-ring (bicyclic) bond motifs is 2. The van der Waals surface area contributed by atoms with E-state index in [1.54, 1.807) is 6.92 Å². The van der Waals surface area contributed by atoms with Gasteiger partial charge in [-0.3, -0.25) is 4.90 Å². The summed E-state index contributed by atoms with van der Waals surface area (Å²) in [7, 11) is 0. The molecule has 2 fully saturated rings. The smallest absolute Gasteiger partial charge is 0.349 e. The van der Waals surface area contributed by atoms with E-state index in [-0.39, 0.29) is 28.5 Å². The highest BCUT2D eigenvalue weighted by Crippen LogP contribution is 2.39. The molecule has 0 atom stereocenters. The van der Waals surface area contributed by atoms with Crippen molar-refractivity contribution >= 4 is 27.5 Å². The predicted molar refractivity (Wildman–Crippen MR) is 148 cm³/mol. The summed E-state index contributed by atoms with van der Waals surface area (Å²) in [4.78, 5) is 27.1. The van der Waals surface area contributed by atoms with Gasteiger partial charge in [0.15, 0.2) is 5.82 Å². The molecule has 0 aliphatic carbocycles. The lowest BCUT2D eigenvalue weighted by Crippen LogP contribution is -2.38. The van der Waals surface area contributed by atoms with E-state index in [2.05, 4.69) is 20.8 Å². The van der Waals surface area contributed by atoms with Gasteiger partial charge in [-0.2, -0.15) is 9.97 Å². The van der Waals surface area contributed by atoms with Crippen molar-refractivity contribution in [1.29, 1.82) is 0 Å². The van der Waals surface area contributed by atoms with E-state index in [0.29, 0.717) is 39.8 Å². The van der Waals surface area contributed by atoms with E-state index in [4.69, 9.17) is 15.6 Å². The van der Waals surface area contributed by atoms with Crippen LogP contribution in [0.1, 0.15) is 36.8 Å². The Balaban J connectivity index is 1.50. The van der Waals surface area contributed by atoms with Gasteiger partial charge in [0, 0.05) is 36.1 Å². The number of phenols is 1. The Hall–Kier alpha value is -4.16. The number of aromatic nitrogens is 2. The average Bonchev–Trinajstić information content (AvgIpc) is 2.90. The summed E-state index contributed by atoms with van der Waals surface area (Å²) in [5.41, 5.74) is 0.638. The van der Waals surface area contributed by atoms with E-state index in [1.165, 1.54) is 43.5 Å². The fraction of sp³-hybridized carbons (Fsp3) is 0.367. The molecule has 1 N–H and O–H groups in total. The zero-order valence-electron chi connectivity index (χ0n) is 21.8. The molecule has 200 valence electrons. The first kappa shape index (κ1) is 25.1. The molecule has 2 aromatic carbocycles. The van der Waals surface area contributed by atoms with Crippen molar-refractivity contribution in [3.8, 4) is 35.4 Å². The highest BCUT2D eigenvalue weighted by Gasteiger charge is 2.27. The molecule has 9 heteroatoms. The molecular weight excluding hydrogens is 499 g/mol. The molecule has 2 aliphatic rings. The number of hydrogen-bond donors (Lipinski definition) is 1. The van der Waals surface area contributed by atoms with Gasteiger partial charge in [-0.15, -0.1) is 6.42 Å². The van der Waals surface area contributed by atoms with Gasteiger partial charge in [0.25, 0.3) is 0 Å². The van der Waals surface area contributed by atoms with Gasteiger partial charge in [0.2, 0.25) is 0 Å². The molecule has 0 spiro atoms. The molecule has 0 radical (unpaired) electrons. The van der Waals surface area contributed by atoms with Crippen molar-refractivity contribution < 1.29 is 18.7 Å². The van der Waals surface area contributed by atoms with E-state index in [1.807, 2.05) is 4.90 Å². The second-order valence-electron chi connectivity index (χ2n) is 10.1. The van der Waals surface area contributed by atoms with Gasteiger partial charge in [-0.1, -0.05) is 18.4 Å². The summed E-state index contributed by atoms with van der Waals surface area (Å²) in [6.07, 6.45) is 10.3. The van der Waals surface area contributed by atoms with Gasteiger partial charge in [-0.05, 0) is 62.9 Å². The Bertz CT molecular complexity index is 1680. The molecular formula is C30H29FN4O4. The summed E-state index contributed by atoms with van der Waals surface area (Å²) >= 11 is 0. The second-order valence-corrected chi connectivity index (χ2v) is 10.1. The first-order valence-electron chi connectivity index (χ1n) is 13.3. The number of anilines is 1. The molecule has 4 aromatic rings. The summed E-state index contributed by atoms with van der Waals surface area (Å²) in [5, 5.41) is 11.6. The molecule has 2 aliphatic heterocycles. The minimum Gasteiger partial charge on any atom is -0.508 e. The van der Waals surface area contributed by atoms with E-state index < -0.39 is 11.4 Å². The van der Waals surface area contributed by atoms with E-state index in [9.17, 15) is 14.3 Å². The average molecular weight is 529 g/mol. The lowest BCUT2D eigenvalue weighted by molar-refractivity contribution is 0.177. The molecule has 0 bridgehead atoms. The molecule has 8 nitrogen and oxygen atoms in total. The van der Waals surface area contributed by atoms with Crippen LogP contribution in [0.3, 0.4) is 0 Å². The van der Waals surface area contributed by atoms with Crippen LogP contribution in [0.5, 0.6) is 11.8 Å². The monoisotopic (exact) mass is 528 g/mol. The topological polar surface area (TPSA) is 91.9 Å². The van der Waals surface area contributed by atoms with Crippen molar-refractivity contribution in [3.05, 3.63) is 51.6 Å². The molecule has 6 rings (SSSR count). The van der Waals surface area contributed by atoms with Gasteiger partial charge in [0.1, 0.15) is 29.3 Å². The zero-order valence-corrected chi connectivity index (χ0v) is 21.8. The minimum absolute atomic E-state index is 0.0235. The molecule has 0 saturated carbocycles. The van der Waals surface area contributed by atoms with Crippen molar-refractivity contribution in [2.45, 2.75) is 32.6 Å². The highest BCUT2D eigenvalue weighted by molar-refractivity contribution is 6.03. The Labute approximate surface area is 225 Å². The number of ether oxygens (including phenoxy) is 1. The number of terminal acetylenes is 1. The quantitative estimate of drug-likeness (QED) is 0.363. The maximum Gasteiger partial charge on any atom is 0.349 e. The number of nitrogens with zero attached hydrogens (tertiary/aromatic N) is 4. The molecule has 0 unspecified atom stereocenters. The number of hydrogen-bond acceptors (Lipinski definition) is 8. The summed E-state index contributed by atoms with van der Waals surface area (Å²) in [5.74, 6) is 2.40. The Kier molecular flexibility index (Phi) is 6.57. The third-order valence-electron chi connectivity index (χ3n) is 7.65. The van der Waals surface area contributed by atoms with Crippen molar-refractivity contribution in [2.75, 3.05) is 44.2 Å². The Morgan fingerprint density at radius 1 is 1.10 bits per heavy atom. The summed E-state index contributed by atoms with van der Waals surface area (Å²) < 4.78 is 26.6. The number of likely N-dealkylation sites (tertiary alicyclic amines) is 1. The highest BCUT2D eigenvalue weighted by atomic mass is 19.1. The van der Waals surface area contributed by atoms with Gasteiger partial charge in [0.05, 0.1) is 11.1 Å². The SMILES string of the molecule is C#Cc1c(F)ccc2cc(O)cc(-c3oc(=O)c4c(N5CCC5)nc(OCCN5CCCCC5)nc4c3C)c12. The maximum atomic E-state index is 14.7. The maximum absolute atomic E-state index is 14.7. The first-order valence-corrected chi connectivity index (χ1v) is 13.3. The van der Waals surface area contributed by atoms with Crippen LogP contribution < -0.4 is 15.3 Å². The molecule has 2 aromatic heterocycles. The van der Waals surface area contributed by atoms with Crippen molar-refractivity contribution in [2.24, 2.45) is 0 Å². The van der Waals surface area contributed by atoms with E-state index >= 15 is 0 Å². The molecule has 0 amide bonds. The number of piperidine rings is 1. The van der Waals surface area contributed by atoms with Crippen LogP contribution in [0.4, 0.5) is 10.2 Å². The first-order chi connectivity index (χ1) is 18.9. The van der Waals surface area contributed by atoms with Crippen LogP contribution in [0.25, 0.3) is 33.0 Å². The molecule has 2 saturated heterocycles. The van der Waals surface area contributed by atoms with Gasteiger partial charge in [-0.25, -0.2) is 9.18 Å². The lowest BCUT2D eigenvalue weighted by Gasteiger charge is -2.32. The van der Waals surface area contributed by atoms with Gasteiger partial charge < -0.3 is 19.2 Å². The van der Waals surface area contributed by atoms with Crippen molar-refractivity contribution in [1.82, 2.24) is 14.9 Å². The number of benzene rings is 2. The number of phenolic OH excluding ortho intramolecular Hbond substituents is 1. The largest absolute Gasteiger partial charge is 0.508 e. The second kappa shape index (κ2) is 10.2. The number of aromatic hydroxyl groups is 1. The predicted octanol–water partition coefficient (Wildman–Crippen LogP) is 4.61. The minimum atomic E-state index is -0.623. The lowest BCUT2D eigenvalue weighted by atomic mass is 9.95. The summed E-state index contributed by atoms with van der Waals surface area (Å²) in [6, 6.07) is 5.89. The third kappa shape index (κ3) is 4.55. The number of aryl methyl sites for hydroxylation is 1. The van der Waals surface area contributed by atoms with Crippen LogP contribution in [-0.2, 0) is 0 Å². The van der Waals surface area contributed by atoms with Crippen LogP contribution in [0.15, 0.2) is 33.5 Å². The Morgan fingerprint density at radius 2 is 1.90 bits per heavy atom. The number of halogens is 1. The number of rotatable bonds is 6. The fourth-order valence-electron chi connectivity index (χ4n) is 5.49. The van der Waals surface area contributed by atoms with E-state index in [0.717, 1.165) is 39.1 Å². The van der Waals surface area contributed by atoms with Gasteiger partial charge >= 0.3 is 11.6 Å². The van der Waals surface area contributed by atoms with Crippen LogP contribution in [0.2, 0.25) is 0 Å². The van der Waals surface area contributed by atoms with Crippen molar-refractivity contribution in [3.63, 3.8) is 0 Å². The fourth-order valence-corrected chi connectivity index (χ4v) is 5.49. The zero-order chi connectivity index (χ0) is 27.1. The summed E-state index contributed by atoms with van der Waals surface area (Å²) in [6.45, 7) is 6.63. The van der Waals surface area contributed by atoms with Crippen LogP contribution in [0, 0.1) is 25.1 Å². The van der Waals surface area contributed by atoms with Crippen LogP contribution in [-0.4, -0.2) is 59.3 Å². The van der Waals surface area contributed by atoms with Crippen LogP contribution >= 0.6 is 0 Å².